The van der Waals surface area contributed by atoms with Crippen molar-refractivity contribution in [2.75, 3.05) is 19.7 Å². The average Bonchev–Trinajstić information content (AvgIpc) is 3.11. The molecule has 1 aromatic heterocycles. The summed E-state index contributed by atoms with van der Waals surface area (Å²) in [5, 5.41) is 12.8. The lowest BCUT2D eigenvalue weighted by Crippen LogP contribution is -2.45. The topological polar surface area (TPSA) is 65.7 Å². The lowest BCUT2D eigenvalue weighted by atomic mass is 10.00. The van der Waals surface area contributed by atoms with Gasteiger partial charge in [0.2, 0.25) is 5.91 Å². The third-order valence-electron chi connectivity index (χ3n) is 4.81. The Balaban J connectivity index is 1.51. The molecule has 0 radical (unpaired) electrons. The molecule has 26 heavy (non-hydrogen) atoms. The van der Waals surface area contributed by atoms with Gasteiger partial charge in [0.05, 0.1) is 13.1 Å². The molecule has 2 aromatic rings. The first-order valence-corrected chi connectivity index (χ1v) is 9.50. The summed E-state index contributed by atoms with van der Waals surface area (Å²) >= 11 is 5.90. The third-order valence-corrected chi connectivity index (χ3v) is 5.06. The van der Waals surface area contributed by atoms with Crippen molar-refractivity contribution in [2.24, 2.45) is 0 Å². The number of nitrogens with zero attached hydrogens (tertiary/aromatic N) is 1. The van der Waals surface area contributed by atoms with Crippen LogP contribution in [0.5, 0.6) is 0 Å². The van der Waals surface area contributed by atoms with Gasteiger partial charge in [0.15, 0.2) is 0 Å². The van der Waals surface area contributed by atoms with Gasteiger partial charge in [-0.25, -0.2) is 0 Å². The van der Waals surface area contributed by atoms with Gasteiger partial charge in [-0.3, -0.25) is 9.69 Å². The molecule has 1 saturated heterocycles. The van der Waals surface area contributed by atoms with Crippen LogP contribution in [0.15, 0.2) is 40.8 Å². The van der Waals surface area contributed by atoms with Gasteiger partial charge in [-0.1, -0.05) is 18.0 Å². The molecule has 1 amide bonds. The van der Waals surface area contributed by atoms with Crippen LogP contribution >= 0.6 is 11.6 Å². The van der Waals surface area contributed by atoms with Crippen LogP contribution in [0.3, 0.4) is 0 Å². The Labute approximate surface area is 158 Å². The van der Waals surface area contributed by atoms with E-state index in [1.165, 1.54) is 6.42 Å². The van der Waals surface area contributed by atoms with Gasteiger partial charge in [-0.05, 0) is 62.2 Å². The fourth-order valence-corrected chi connectivity index (χ4v) is 3.54. The number of piperidine rings is 1. The number of carbonyl (C=O) groups excluding carboxylic acids is 1. The van der Waals surface area contributed by atoms with Crippen LogP contribution < -0.4 is 5.32 Å². The molecular formula is C20H25ClN2O3. The van der Waals surface area contributed by atoms with Crippen molar-refractivity contribution in [3.63, 3.8) is 0 Å². The number of halogens is 1. The molecule has 0 aliphatic carbocycles. The fraction of sp³-hybridized carbons (Fsp3) is 0.450. The van der Waals surface area contributed by atoms with Crippen LogP contribution in [0.4, 0.5) is 0 Å². The maximum Gasteiger partial charge on any atom is 0.234 e. The minimum atomic E-state index is -0.0146. The Morgan fingerprint density at radius 2 is 2.04 bits per heavy atom. The Hall–Kier alpha value is -1.82. The van der Waals surface area contributed by atoms with Crippen LogP contribution in [0, 0.1) is 0 Å². The average molecular weight is 377 g/mol. The lowest BCUT2D eigenvalue weighted by Gasteiger charge is -2.34. The van der Waals surface area contributed by atoms with E-state index < -0.39 is 0 Å². The zero-order chi connectivity index (χ0) is 18.4. The van der Waals surface area contributed by atoms with E-state index in [0.29, 0.717) is 29.9 Å². The number of rotatable bonds is 7. The minimum Gasteiger partial charge on any atom is -0.459 e. The van der Waals surface area contributed by atoms with E-state index in [2.05, 4.69) is 10.2 Å². The molecule has 1 aliphatic rings. The SMILES string of the molecule is O=C(CN1CCCCC1CCO)NCc1ccc(-c2ccc(Cl)cc2)o1. The van der Waals surface area contributed by atoms with E-state index >= 15 is 0 Å². The second-order valence-electron chi connectivity index (χ2n) is 6.68. The molecule has 2 heterocycles. The predicted octanol–water partition coefficient (Wildman–Crippen LogP) is 3.45. The number of amides is 1. The van der Waals surface area contributed by atoms with Gasteiger partial charge in [-0.15, -0.1) is 0 Å². The summed E-state index contributed by atoms with van der Waals surface area (Å²) in [5.41, 5.74) is 0.951. The lowest BCUT2D eigenvalue weighted by molar-refractivity contribution is -0.123. The summed E-state index contributed by atoms with van der Waals surface area (Å²) in [4.78, 5) is 14.5. The molecule has 3 rings (SSSR count). The van der Waals surface area contributed by atoms with Crippen molar-refractivity contribution in [3.8, 4) is 11.3 Å². The van der Waals surface area contributed by atoms with Crippen molar-refractivity contribution in [1.29, 1.82) is 0 Å². The van der Waals surface area contributed by atoms with Gasteiger partial charge in [0.25, 0.3) is 0 Å². The summed E-state index contributed by atoms with van der Waals surface area (Å²) in [5.74, 6) is 1.46. The van der Waals surface area contributed by atoms with E-state index in [4.69, 9.17) is 16.0 Å². The number of likely N-dealkylation sites (tertiary alicyclic amines) is 1. The normalized spacial score (nSPS) is 18.0. The summed E-state index contributed by atoms with van der Waals surface area (Å²) in [6.45, 7) is 1.82. The van der Waals surface area contributed by atoms with Crippen molar-refractivity contribution in [2.45, 2.75) is 38.3 Å². The Morgan fingerprint density at radius 1 is 1.23 bits per heavy atom. The Bertz CT molecular complexity index is 712. The van der Waals surface area contributed by atoms with Crippen LogP contribution in [-0.4, -0.2) is 41.7 Å². The summed E-state index contributed by atoms with van der Waals surface area (Å²) < 4.78 is 5.81. The quantitative estimate of drug-likeness (QED) is 0.776. The first-order chi connectivity index (χ1) is 12.7. The second-order valence-corrected chi connectivity index (χ2v) is 7.12. The molecule has 0 saturated carbocycles. The number of carbonyl (C=O) groups is 1. The number of hydrogen-bond donors (Lipinski definition) is 2. The van der Waals surface area contributed by atoms with E-state index in [0.717, 1.165) is 37.1 Å². The molecule has 1 atom stereocenters. The van der Waals surface area contributed by atoms with E-state index in [1.54, 1.807) is 0 Å². The molecule has 1 fully saturated rings. The third kappa shape index (κ3) is 5.10. The van der Waals surface area contributed by atoms with Crippen LogP contribution in [0.2, 0.25) is 5.02 Å². The number of furan rings is 1. The molecule has 1 aromatic carbocycles. The van der Waals surface area contributed by atoms with Crippen molar-refractivity contribution < 1.29 is 14.3 Å². The first-order valence-electron chi connectivity index (χ1n) is 9.12. The van der Waals surface area contributed by atoms with Crippen LogP contribution in [0.1, 0.15) is 31.4 Å². The van der Waals surface area contributed by atoms with Crippen molar-refractivity contribution in [1.82, 2.24) is 10.2 Å². The fourth-order valence-electron chi connectivity index (χ4n) is 3.41. The number of aliphatic hydroxyl groups excluding tert-OH is 1. The highest BCUT2D eigenvalue weighted by Crippen LogP contribution is 2.24. The number of benzene rings is 1. The molecule has 2 N–H and O–H groups in total. The maximum absolute atomic E-state index is 12.3. The standard InChI is InChI=1S/C20H25ClN2O3/c21-16-6-4-15(5-7-16)19-9-8-18(26-19)13-22-20(25)14-23-11-2-1-3-17(23)10-12-24/h4-9,17,24H,1-3,10-14H2,(H,22,25). The van der Waals surface area contributed by atoms with Crippen molar-refractivity contribution >= 4 is 17.5 Å². The smallest absolute Gasteiger partial charge is 0.234 e. The molecule has 6 heteroatoms. The van der Waals surface area contributed by atoms with Gasteiger partial charge < -0.3 is 14.8 Å². The molecule has 140 valence electrons. The largest absolute Gasteiger partial charge is 0.459 e. The van der Waals surface area contributed by atoms with E-state index in [9.17, 15) is 9.90 Å². The van der Waals surface area contributed by atoms with Gasteiger partial charge in [0.1, 0.15) is 11.5 Å². The van der Waals surface area contributed by atoms with Crippen LogP contribution in [-0.2, 0) is 11.3 Å². The van der Waals surface area contributed by atoms with Gasteiger partial charge in [0, 0.05) is 23.2 Å². The zero-order valence-electron chi connectivity index (χ0n) is 14.8. The summed E-state index contributed by atoms with van der Waals surface area (Å²) in [6, 6.07) is 11.5. The maximum atomic E-state index is 12.3. The van der Waals surface area contributed by atoms with Crippen molar-refractivity contribution in [3.05, 3.63) is 47.2 Å². The van der Waals surface area contributed by atoms with E-state index in [-0.39, 0.29) is 12.5 Å². The van der Waals surface area contributed by atoms with Gasteiger partial charge >= 0.3 is 0 Å². The number of hydrogen-bond acceptors (Lipinski definition) is 4. The first kappa shape index (κ1) is 19.0. The number of nitrogens with one attached hydrogen (secondary N) is 1. The molecule has 1 aliphatic heterocycles. The zero-order valence-corrected chi connectivity index (χ0v) is 15.5. The molecule has 0 spiro atoms. The number of aliphatic hydroxyl groups is 1. The second kappa shape index (κ2) is 9.21. The molecular weight excluding hydrogens is 352 g/mol. The van der Waals surface area contributed by atoms with E-state index in [1.807, 2.05) is 36.4 Å². The molecule has 0 bridgehead atoms. The summed E-state index contributed by atoms with van der Waals surface area (Å²) in [6.07, 6.45) is 4.06. The van der Waals surface area contributed by atoms with Crippen LogP contribution in [0.25, 0.3) is 11.3 Å². The highest BCUT2D eigenvalue weighted by atomic mass is 35.5. The molecule has 5 nitrogen and oxygen atoms in total. The van der Waals surface area contributed by atoms with Gasteiger partial charge in [-0.2, -0.15) is 0 Å². The monoisotopic (exact) mass is 376 g/mol. The molecule has 1 unspecified atom stereocenters. The Kier molecular flexibility index (Phi) is 6.72. The Morgan fingerprint density at radius 3 is 2.81 bits per heavy atom. The highest BCUT2D eigenvalue weighted by molar-refractivity contribution is 6.30. The predicted molar refractivity (Wildman–Crippen MR) is 102 cm³/mol. The highest BCUT2D eigenvalue weighted by Gasteiger charge is 2.23. The summed E-state index contributed by atoms with van der Waals surface area (Å²) in [7, 11) is 0. The minimum absolute atomic E-state index is 0.0146.